The number of ether oxygens (including phenoxy) is 1. The molecule has 0 aliphatic heterocycles. The summed E-state index contributed by atoms with van der Waals surface area (Å²) < 4.78 is 10.4. The maximum Gasteiger partial charge on any atom is 0.203 e. The molecule has 3 nitrogen and oxygen atoms in total. The molecule has 0 amide bonds. The van der Waals surface area contributed by atoms with Gasteiger partial charge in [0.1, 0.15) is 11.6 Å². The second-order valence-electron chi connectivity index (χ2n) is 3.36. The van der Waals surface area contributed by atoms with Crippen LogP contribution in [0, 0.1) is 3.83 Å². The fourth-order valence-corrected chi connectivity index (χ4v) is 1.78. The molecule has 0 bridgehead atoms. The smallest absolute Gasteiger partial charge is 0.203 e. The monoisotopic (exact) mass is 298 g/mol. The summed E-state index contributed by atoms with van der Waals surface area (Å²) in [5.41, 5.74) is -0.100. The number of nitrogens with zero attached hydrogens (tertiary/aromatic N) is 2. The summed E-state index contributed by atoms with van der Waals surface area (Å²) in [4.78, 5) is 4.18. The van der Waals surface area contributed by atoms with E-state index >= 15 is 0 Å². The number of rotatable bonds is 2. The van der Waals surface area contributed by atoms with E-state index < -0.39 is 0 Å². The van der Waals surface area contributed by atoms with Crippen molar-refractivity contribution in [2.75, 3.05) is 0 Å². The van der Waals surface area contributed by atoms with Gasteiger partial charge in [-0.25, -0.2) is 4.98 Å². The van der Waals surface area contributed by atoms with E-state index in [1.165, 1.54) is 11.5 Å². The summed E-state index contributed by atoms with van der Waals surface area (Å²) >= 11 is 3.49. The van der Waals surface area contributed by atoms with Crippen LogP contribution in [0.1, 0.15) is 25.8 Å². The molecular weight excluding hydrogens is 287 g/mol. The Balaban J connectivity index is 2.44. The zero-order chi connectivity index (χ0) is 9.19. The molecule has 1 aromatic heterocycles. The van der Waals surface area contributed by atoms with Crippen molar-refractivity contribution in [1.82, 2.24) is 9.36 Å². The maximum absolute atomic E-state index is 5.53. The number of halogens is 1. The molecule has 0 atom stereocenters. The molecule has 0 N–H and O–H groups in total. The van der Waals surface area contributed by atoms with Crippen LogP contribution in [-0.2, 0) is 11.3 Å². The summed E-state index contributed by atoms with van der Waals surface area (Å²) in [7, 11) is 0. The highest BCUT2D eigenvalue weighted by Gasteiger charge is 2.11. The number of hydrogen-bond donors (Lipinski definition) is 0. The normalized spacial score (nSPS) is 12.0. The first kappa shape index (κ1) is 10.3. The zero-order valence-electron chi connectivity index (χ0n) is 7.30. The Morgan fingerprint density at radius 3 is 2.58 bits per heavy atom. The van der Waals surface area contributed by atoms with Gasteiger partial charge in [0.2, 0.25) is 3.83 Å². The Labute approximate surface area is 89.9 Å². The SMILES string of the molecule is CC(C)(C)OCc1nc(I)ns1. The van der Waals surface area contributed by atoms with Crippen LogP contribution in [0.3, 0.4) is 0 Å². The van der Waals surface area contributed by atoms with Gasteiger partial charge in [0.25, 0.3) is 0 Å². The van der Waals surface area contributed by atoms with Gasteiger partial charge in [-0.1, -0.05) is 0 Å². The predicted octanol–water partition coefficient (Wildman–Crippen LogP) is 2.46. The third-order valence-corrected chi connectivity index (χ3v) is 2.57. The van der Waals surface area contributed by atoms with Crippen molar-refractivity contribution in [2.45, 2.75) is 33.0 Å². The number of hydrogen-bond acceptors (Lipinski definition) is 4. The van der Waals surface area contributed by atoms with Crippen LogP contribution < -0.4 is 0 Å². The molecule has 1 heterocycles. The van der Waals surface area contributed by atoms with Crippen molar-refractivity contribution in [3.63, 3.8) is 0 Å². The van der Waals surface area contributed by atoms with E-state index in [-0.39, 0.29) is 5.60 Å². The molecule has 5 heteroatoms. The second kappa shape index (κ2) is 3.97. The Hall–Kier alpha value is 0.250. The lowest BCUT2D eigenvalue weighted by atomic mass is 10.2. The van der Waals surface area contributed by atoms with Crippen LogP contribution in [-0.4, -0.2) is 15.0 Å². The molecule has 0 fully saturated rings. The molecule has 0 unspecified atom stereocenters. The van der Waals surface area contributed by atoms with E-state index in [1.54, 1.807) is 0 Å². The van der Waals surface area contributed by atoms with E-state index in [4.69, 9.17) is 4.74 Å². The van der Waals surface area contributed by atoms with Crippen molar-refractivity contribution < 1.29 is 4.74 Å². The lowest BCUT2D eigenvalue weighted by Gasteiger charge is -2.17. The van der Waals surface area contributed by atoms with Crippen LogP contribution in [0.4, 0.5) is 0 Å². The van der Waals surface area contributed by atoms with Gasteiger partial charge in [-0.3, -0.25) is 0 Å². The van der Waals surface area contributed by atoms with Gasteiger partial charge in [-0.2, -0.15) is 4.37 Å². The lowest BCUT2D eigenvalue weighted by Crippen LogP contribution is -2.18. The third-order valence-electron chi connectivity index (χ3n) is 1.07. The molecule has 0 saturated heterocycles. The topological polar surface area (TPSA) is 35.0 Å². The molecule has 68 valence electrons. The molecule has 1 aromatic rings. The van der Waals surface area contributed by atoms with Crippen LogP contribution >= 0.6 is 34.1 Å². The molecule has 0 saturated carbocycles. The van der Waals surface area contributed by atoms with Gasteiger partial charge >= 0.3 is 0 Å². The van der Waals surface area contributed by atoms with Gasteiger partial charge in [0.15, 0.2) is 0 Å². The van der Waals surface area contributed by atoms with Crippen molar-refractivity contribution in [1.29, 1.82) is 0 Å². The lowest BCUT2D eigenvalue weighted by molar-refractivity contribution is -0.0150. The van der Waals surface area contributed by atoms with Gasteiger partial charge in [-0.15, -0.1) is 0 Å². The molecule has 0 spiro atoms. The fourth-order valence-electron chi connectivity index (χ4n) is 0.571. The van der Waals surface area contributed by atoms with Crippen LogP contribution in [0.5, 0.6) is 0 Å². The summed E-state index contributed by atoms with van der Waals surface area (Å²) in [6.45, 7) is 6.64. The summed E-state index contributed by atoms with van der Waals surface area (Å²) in [6, 6.07) is 0. The molecule has 1 rings (SSSR count). The molecule has 0 radical (unpaired) electrons. The molecular formula is C7H11IN2OS. The van der Waals surface area contributed by atoms with Crippen molar-refractivity contribution >= 4 is 34.1 Å². The third kappa shape index (κ3) is 3.77. The van der Waals surface area contributed by atoms with Gasteiger partial charge in [0.05, 0.1) is 5.60 Å². The maximum atomic E-state index is 5.53. The largest absolute Gasteiger partial charge is 0.369 e. The quantitative estimate of drug-likeness (QED) is 0.787. The highest BCUT2D eigenvalue weighted by atomic mass is 127. The van der Waals surface area contributed by atoms with E-state index in [0.29, 0.717) is 6.61 Å². The van der Waals surface area contributed by atoms with Gasteiger partial charge < -0.3 is 4.74 Å². The van der Waals surface area contributed by atoms with E-state index in [0.717, 1.165) is 8.84 Å². The van der Waals surface area contributed by atoms with Crippen LogP contribution in [0.15, 0.2) is 0 Å². The number of aromatic nitrogens is 2. The Bertz CT molecular complexity index is 256. The van der Waals surface area contributed by atoms with Crippen LogP contribution in [0.2, 0.25) is 0 Å². The molecule has 12 heavy (non-hydrogen) atoms. The first-order valence-electron chi connectivity index (χ1n) is 3.59. The average Bonchev–Trinajstić information content (AvgIpc) is 2.30. The average molecular weight is 298 g/mol. The van der Waals surface area contributed by atoms with E-state index in [2.05, 4.69) is 31.9 Å². The molecule has 0 aliphatic rings. The summed E-state index contributed by atoms with van der Waals surface area (Å²) in [6.07, 6.45) is 0. The van der Waals surface area contributed by atoms with Crippen molar-refractivity contribution in [3.8, 4) is 0 Å². The highest BCUT2D eigenvalue weighted by molar-refractivity contribution is 14.1. The minimum Gasteiger partial charge on any atom is -0.369 e. The summed E-state index contributed by atoms with van der Waals surface area (Å²) in [5.74, 6) is 0. The predicted molar refractivity (Wildman–Crippen MR) is 57.2 cm³/mol. The molecule has 0 aliphatic carbocycles. The fraction of sp³-hybridized carbons (Fsp3) is 0.714. The highest BCUT2D eigenvalue weighted by Crippen LogP contribution is 2.13. The van der Waals surface area contributed by atoms with Crippen molar-refractivity contribution in [2.24, 2.45) is 0 Å². The van der Waals surface area contributed by atoms with E-state index in [1.807, 2.05) is 20.8 Å². The summed E-state index contributed by atoms with van der Waals surface area (Å²) in [5, 5.41) is 0.939. The first-order valence-corrected chi connectivity index (χ1v) is 5.44. The minimum atomic E-state index is -0.100. The van der Waals surface area contributed by atoms with Crippen molar-refractivity contribution in [3.05, 3.63) is 8.84 Å². The Kier molecular flexibility index (Phi) is 3.42. The standard InChI is InChI=1S/C7H11IN2OS/c1-7(2,3)11-4-5-9-6(8)10-12-5/h4H2,1-3H3. The molecule has 0 aromatic carbocycles. The van der Waals surface area contributed by atoms with Gasteiger partial charge in [0, 0.05) is 22.6 Å². The second-order valence-corrected chi connectivity index (χ2v) is 5.16. The van der Waals surface area contributed by atoms with E-state index in [9.17, 15) is 0 Å². The zero-order valence-corrected chi connectivity index (χ0v) is 10.3. The first-order chi connectivity index (χ1) is 5.47. The Morgan fingerprint density at radius 2 is 2.17 bits per heavy atom. The van der Waals surface area contributed by atoms with Gasteiger partial charge in [-0.05, 0) is 32.3 Å². The van der Waals surface area contributed by atoms with Crippen LogP contribution in [0.25, 0.3) is 0 Å². The Morgan fingerprint density at radius 1 is 1.50 bits per heavy atom. The minimum absolute atomic E-state index is 0.100.